The Morgan fingerprint density at radius 2 is 1.78 bits per heavy atom. The van der Waals surface area contributed by atoms with E-state index in [1.807, 2.05) is 51.1 Å². The maximum absolute atomic E-state index is 11.6. The summed E-state index contributed by atoms with van der Waals surface area (Å²) in [7, 11) is 0. The van der Waals surface area contributed by atoms with Gasteiger partial charge in [-0.05, 0) is 12.2 Å². The first-order chi connectivity index (χ1) is 8.40. The molecule has 0 heterocycles. The van der Waals surface area contributed by atoms with Crippen molar-refractivity contribution in [2.75, 3.05) is 5.75 Å². The molecule has 1 aromatic rings. The molecule has 0 fully saturated rings. The van der Waals surface area contributed by atoms with Crippen molar-refractivity contribution in [3.63, 3.8) is 0 Å². The van der Waals surface area contributed by atoms with Gasteiger partial charge in [0.2, 0.25) is 5.12 Å². The van der Waals surface area contributed by atoms with Gasteiger partial charge in [0.15, 0.2) is 0 Å². The van der Waals surface area contributed by atoms with E-state index in [1.165, 1.54) is 24.6 Å². The summed E-state index contributed by atoms with van der Waals surface area (Å²) in [5.41, 5.74) is 0.780. The topological polar surface area (TPSA) is 17.1 Å². The van der Waals surface area contributed by atoms with Crippen molar-refractivity contribution >= 4 is 29.5 Å². The molecular weight excluding hydrogens is 260 g/mol. The van der Waals surface area contributed by atoms with E-state index in [0.29, 0.717) is 0 Å². The first kappa shape index (κ1) is 17.6. The van der Waals surface area contributed by atoms with Gasteiger partial charge in [-0.2, -0.15) is 12.6 Å². The Hall–Kier alpha value is -0.410. The molecule has 0 amide bonds. The minimum absolute atomic E-state index is 0.00702. The molecule has 18 heavy (non-hydrogen) atoms. The molecule has 1 rings (SSSR count). The molecule has 102 valence electrons. The predicted octanol–water partition coefficient (Wildman–Crippen LogP) is 5.07. The van der Waals surface area contributed by atoms with Crippen LogP contribution < -0.4 is 0 Å². The van der Waals surface area contributed by atoms with Crippen LogP contribution >= 0.6 is 24.4 Å². The second-order valence-electron chi connectivity index (χ2n) is 4.95. The van der Waals surface area contributed by atoms with E-state index in [4.69, 9.17) is 0 Å². The third-order valence-electron chi connectivity index (χ3n) is 1.92. The standard InChI is InChI=1S/C11H14OS.C4H10S/c1-11(2,3)13-10(12)9-7-5-4-6-8-9;1-2-3-4-5/h4-8H,1-3H3;5H,2-4H2,1H3. The SMILES string of the molecule is CC(C)(C)SC(=O)c1ccccc1.CCCCS. The van der Waals surface area contributed by atoms with Gasteiger partial charge in [0, 0.05) is 10.3 Å². The van der Waals surface area contributed by atoms with Gasteiger partial charge in [-0.1, -0.05) is 76.2 Å². The van der Waals surface area contributed by atoms with E-state index in [9.17, 15) is 4.79 Å². The van der Waals surface area contributed by atoms with Crippen LogP contribution in [0, 0.1) is 0 Å². The zero-order valence-electron chi connectivity index (χ0n) is 11.8. The molecular formula is C15H24OS2. The number of hydrogen-bond donors (Lipinski definition) is 1. The first-order valence-corrected chi connectivity index (χ1v) is 7.75. The number of unbranched alkanes of at least 4 members (excludes halogenated alkanes) is 1. The summed E-state index contributed by atoms with van der Waals surface area (Å²) in [6, 6.07) is 9.38. The first-order valence-electron chi connectivity index (χ1n) is 6.30. The van der Waals surface area contributed by atoms with Crippen LogP contribution in [-0.2, 0) is 0 Å². The van der Waals surface area contributed by atoms with Crippen LogP contribution in [0.4, 0.5) is 0 Å². The van der Waals surface area contributed by atoms with Gasteiger partial charge >= 0.3 is 0 Å². The Morgan fingerprint density at radius 3 is 2.11 bits per heavy atom. The van der Waals surface area contributed by atoms with Gasteiger partial charge in [-0.15, -0.1) is 0 Å². The molecule has 0 radical (unpaired) electrons. The van der Waals surface area contributed by atoms with Crippen molar-refractivity contribution in [1.29, 1.82) is 0 Å². The van der Waals surface area contributed by atoms with Crippen LogP contribution in [0.5, 0.6) is 0 Å². The lowest BCUT2D eigenvalue weighted by Crippen LogP contribution is -2.11. The Kier molecular flexibility index (Phi) is 9.29. The third kappa shape index (κ3) is 9.60. The minimum Gasteiger partial charge on any atom is -0.282 e. The molecule has 0 aromatic heterocycles. The Balaban J connectivity index is 0.000000494. The van der Waals surface area contributed by atoms with Crippen molar-refractivity contribution in [2.45, 2.75) is 45.3 Å². The van der Waals surface area contributed by atoms with Crippen molar-refractivity contribution in [1.82, 2.24) is 0 Å². The highest BCUT2D eigenvalue weighted by Crippen LogP contribution is 2.26. The maximum atomic E-state index is 11.6. The molecule has 3 heteroatoms. The van der Waals surface area contributed by atoms with Gasteiger partial charge in [-0.25, -0.2) is 0 Å². The van der Waals surface area contributed by atoms with E-state index in [2.05, 4.69) is 19.6 Å². The summed E-state index contributed by atoms with van der Waals surface area (Å²) >= 11 is 5.37. The zero-order valence-corrected chi connectivity index (χ0v) is 13.5. The van der Waals surface area contributed by atoms with Crippen LogP contribution in [-0.4, -0.2) is 15.6 Å². The molecule has 1 nitrogen and oxygen atoms in total. The van der Waals surface area contributed by atoms with Crippen molar-refractivity contribution in [3.05, 3.63) is 35.9 Å². The predicted molar refractivity (Wildman–Crippen MR) is 86.9 cm³/mol. The molecule has 0 aliphatic heterocycles. The number of thiol groups is 1. The summed E-state index contributed by atoms with van der Waals surface area (Å²) in [4.78, 5) is 11.6. The Morgan fingerprint density at radius 1 is 1.22 bits per heavy atom. The molecule has 0 unspecified atom stereocenters. The number of hydrogen-bond acceptors (Lipinski definition) is 3. The summed E-state index contributed by atoms with van der Waals surface area (Å²) in [6.07, 6.45) is 2.52. The fourth-order valence-corrected chi connectivity index (χ4v) is 2.20. The van der Waals surface area contributed by atoms with Gasteiger partial charge in [0.1, 0.15) is 0 Å². The lowest BCUT2D eigenvalue weighted by molar-refractivity contribution is 0.108. The summed E-state index contributed by atoms with van der Waals surface area (Å²) in [5, 5.41) is 0.146. The quantitative estimate of drug-likeness (QED) is 0.780. The molecule has 0 N–H and O–H groups in total. The normalized spacial score (nSPS) is 10.5. The second-order valence-corrected chi connectivity index (χ2v) is 7.19. The van der Waals surface area contributed by atoms with E-state index in [1.54, 1.807) is 0 Å². The molecule has 0 aliphatic rings. The van der Waals surface area contributed by atoms with E-state index < -0.39 is 0 Å². The number of benzene rings is 1. The fraction of sp³-hybridized carbons (Fsp3) is 0.533. The third-order valence-corrected chi connectivity index (χ3v) is 3.27. The average molecular weight is 284 g/mol. The van der Waals surface area contributed by atoms with E-state index in [0.717, 1.165) is 11.3 Å². The Bertz CT molecular complexity index is 326. The van der Waals surface area contributed by atoms with Crippen LogP contribution in [0.15, 0.2) is 30.3 Å². The average Bonchev–Trinajstić information content (AvgIpc) is 2.30. The number of carbonyl (C=O) groups is 1. The van der Waals surface area contributed by atoms with Gasteiger partial charge in [0.25, 0.3) is 0 Å². The molecule has 0 saturated carbocycles. The maximum Gasteiger partial charge on any atom is 0.219 e. The van der Waals surface area contributed by atoms with Crippen molar-refractivity contribution < 1.29 is 4.79 Å². The van der Waals surface area contributed by atoms with E-state index in [-0.39, 0.29) is 9.86 Å². The van der Waals surface area contributed by atoms with Gasteiger partial charge in [0.05, 0.1) is 0 Å². The number of rotatable bonds is 3. The molecule has 0 saturated heterocycles. The molecule has 0 bridgehead atoms. The number of thioether (sulfide) groups is 1. The van der Waals surface area contributed by atoms with Gasteiger partial charge < -0.3 is 0 Å². The van der Waals surface area contributed by atoms with Crippen LogP contribution in [0.3, 0.4) is 0 Å². The second kappa shape index (κ2) is 9.51. The summed E-state index contributed by atoms with van der Waals surface area (Å²) < 4.78 is -0.00702. The highest BCUT2D eigenvalue weighted by molar-refractivity contribution is 8.15. The van der Waals surface area contributed by atoms with Gasteiger partial charge in [-0.3, -0.25) is 4.79 Å². The lowest BCUT2D eigenvalue weighted by atomic mass is 10.2. The largest absolute Gasteiger partial charge is 0.282 e. The fourth-order valence-electron chi connectivity index (χ4n) is 1.07. The van der Waals surface area contributed by atoms with E-state index >= 15 is 0 Å². The summed E-state index contributed by atoms with van der Waals surface area (Å²) in [6.45, 7) is 8.28. The summed E-state index contributed by atoms with van der Waals surface area (Å²) in [5.74, 6) is 1.04. The minimum atomic E-state index is -0.00702. The Labute approximate surface area is 121 Å². The van der Waals surface area contributed by atoms with Crippen molar-refractivity contribution in [3.8, 4) is 0 Å². The van der Waals surface area contributed by atoms with Crippen LogP contribution in [0.2, 0.25) is 0 Å². The smallest absolute Gasteiger partial charge is 0.219 e. The molecule has 1 aromatic carbocycles. The molecule has 0 spiro atoms. The monoisotopic (exact) mass is 284 g/mol. The lowest BCUT2D eigenvalue weighted by Gasteiger charge is -2.15. The highest BCUT2D eigenvalue weighted by Gasteiger charge is 2.17. The number of carbonyl (C=O) groups excluding carboxylic acids is 1. The molecule has 0 atom stereocenters. The highest BCUT2D eigenvalue weighted by atomic mass is 32.2. The molecule has 0 aliphatic carbocycles. The van der Waals surface area contributed by atoms with Crippen molar-refractivity contribution in [2.24, 2.45) is 0 Å². The van der Waals surface area contributed by atoms with Crippen LogP contribution in [0.1, 0.15) is 50.9 Å². The van der Waals surface area contributed by atoms with Crippen LogP contribution in [0.25, 0.3) is 0 Å². The zero-order chi connectivity index (χ0) is 14.0.